The Morgan fingerprint density at radius 3 is 2.71 bits per heavy atom. The van der Waals surface area contributed by atoms with E-state index in [9.17, 15) is 4.79 Å². The van der Waals surface area contributed by atoms with E-state index in [0.717, 1.165) is 26.1 Å². The van der Waals surface area contributed by atoms with E-state index in [1.165, 1.54) is 0 Å². The molecule has 0 aliphatic carbocycles. The average Bonchev–Trinajstić information content (AvgIpc) is 2.09. The number of alkyl halides is 1. The van der Waals surface area contributed by atoms with Crippen molar-refractivity contribution >= 4 is 29.7 Å². The number of ether oxygens (including phenoxy) is 1. The van der Waals surface area contributed by atoms with E-state index in [-0.39, 0.29) is 5.91 Å². The third-order valence-corrected chi connectivity index (χ3v) is 2.00. The Labute approximate surface area is 95.5 Å². The molecule has 0 aliphatic rings. The van der Waals surface area contributed by atoms with Crippen LogP contribution < -0.4 is 5.32 Å². The molecule has 0 aromatic heterocycles. The quantitative estimate of drug-likeness (QED) is 0.417. The minimum absolute atomic E-state index is 0.0213. The van der Waals surface area contributed by atoms with Crippen molar-refractivity contribution in [1.82, 2.24) is 5.32 Å². The molecule has 0 radical (unpaired) electrons. The highest BCUT2D eigenvalue weighted by atomic mass is 79.9. The molecule has 1 unspecified atom stereocenters. The first-order valence-corrected chi connectivity index (χ1v) is 5.82. The van der Waals surface area contributed by atoms with Crippen LogP contribution in [0.15, 0.2) is 0 Å². The molecule has 1 N–H and O–H groups in total. The van der Waals surface area contributed by atoms with Crippen LogP contribution in [0.3, 0.4) is 0 Å². The average molecular weight is 264 g/mol. The lowest BCUT2D eigenvalue weighted by Gasteiger charge is -2.15. The summed E-state index contributed by atoms with van der Waals surface area (Å²) in [5, 5.41) is 2.83. The SMILES string of the molecule is BC(C)(Br)C(=O)NCCCOCCC. The largest absolute Gasteiger partial charge is 0.381 e. The molecule has 5 heteroatoms. The summed E-state index contributed by atoms with van der Waals surface area (Å²) in [6.45, 7) is 6.11. The van der Waals surface area contributed by atoms with Crippen LogP contribution in [0.4, 0.5) is 0 Å². The van der Waals surface area contributed by atoms with Gasteiger partial charge in [-0.25, -0.2) is 0 Å². The van der Waals surface area contributed by atoms with Crippen LogP contribution in [0.25, 0.3) is 0 Å². The van der Waals surface area contributed by atoms with Crippen molar-refractivity contribution < 1.29 is 9.53 Å². The van der Waals surface area contributed by atoms with Crippen molar-refractivity contribution in [2.45, 2.75) is 30.9 Å². The maximum absolute atomic E-state index is 11.4. The van der Waals surface area contributed by atoms with Crippen molar-refractivity contribution in [3.63, 3.8) is 0 Å². The molecule has 0 aromatic carbocycles. The topological polar surface area (TPSA) is 38.3 Å². The minimum atomic E-state index is -0.475. The first kappa shape index (κ1) is 14.0. The predicted octanol–water partition coefficient (Wildman–Crippen LogP) is 0.663. The third kappa shape index (κ3) is 7.39. The highest BCUT2D eigenvalue weighted by Crippen LogP contribution is 2.10. The van der Waals surface area contributed by atoms with Crippen LogP contribution >= 0.6 is 15.9 Å². The standard InChI is InChI=1S/C9H19BBrNO2/c1-3-6-14-7-4-5-12-8(13)9(2,10)11/h3-7,10H2,1-2H3,(H,12,13). The van der Waals surface area contributed by atoms with Crippen LogP contribution in [-0.2, 0) is 9.53 Å². The number of hydrogen-bond donors (Lipinski definition) is 1. The van der Waals surface area contributed by atoms with E-state index < -0.39 is 4.22 Å². The Hall–Kier alpha value is -0.0251. The zero-order chi connectivity index (χ0) is 11.0. The fourth-order valence-corrected chi connectivity index (χ4v) is 0.973. The maximum Gasteiger partial charge on any atom is 0.228 e. The van der Waals surface area contributed by atoms with Crippen molar-refractivity contribution in [3.05, 3.63) is 0 Å². The van der Waals surface area contributed by atoms with E-state index in [4.69, 9.17) is 4.74 Å². The molecule has 14 heavy (non-hydrogen) atoms. The summed E-state index contributed by atoms with van der Waals surface area (Å²) in [6.07, 6.45) is 1.91. The summed E-state index contributed by atoms with van der Waals surface area (Å²) in [5.41, 5.74) is 0. The van der Waals surface area contributed by atoms with Crippen molar-refractivity contribution in [2.75, 3.05) is 19.8 Å². The Morgan fingerprint density at radius 1 is 1.57 bits per heavy atom. The van der Waals surface area contributed by atoms with Gasteiger partial charge in [0.15, 0.2) is 0 Å². The van der Waals surface area contributed by atoms with Gasteiger partial charge in [0.05, 0.1) is 4.22 Å². The van der Waals surface area contributed by atoms with Gasteiger partial charge in [0.2, 0.25) is 5.91 Å². The predicted molar refractivity (Wildman–Crippen MR) is 64.6 cm³/mol. The van der Waals surface area contributed by atoms with E-state index in [2.05, 4.69) is 28.2 Å². The van der Waals surface area contributed by atoms with Gasteiger partial charge in [0.1, 0.15) is 7.85 Å². The van der Waals surface area contributed by atoms with Gasteiger partial charge in [-0.05, 0) is 19.8 Å². The van der Waals surface area contributed by atoms with Gasteiger partial charge >= 0.3 is 0 Å². The number of carbonyl (C=O) groups excluding carboxylic acids is 1. The molecule has 0 saturated heterocycles. The molecule has 0 fully saturated rings. The number of nitrogens with one attached hydrogen (secondary N) is 1. The summed E-state index contributed by atoms with van der Waals surface area (Å²) in [7, 11) is 1.83. The summed E-state index contributed by atoms with van der Waals surface area (Å²) >= 11 is 3.29. The smallest absolute Gasteiger partial charge is 0.228 e. The molecule has 0 spiro atoms. The summed E-state index contributed by atoms with van der Waals surface area (Å²) in [6, 6.07) is 0. The molecular formula is C9H19BBrNO2. The van der Waals surface area contributed by atoms with Gasteiger partial charge in [-0.15, -0.1) is 0 Å². The number of carbonyl (C=O) groups is 1. The minimum Gasteiger partial charge on any atom is -0.381 e. The van der Waals surface area contributed by atoms with Gasteiger partial charge in [0, 0.05) is 19.8 Å². The number of amides is 1. The summed E-state index contributed by atoms with van der Waals surface area (Å²) < 4.78 is 4.81. The Morgan fingerprint density at radius 2 is 2.21 bits per heavy atom. The van der Waals surface area contributed by atoms with E-state index >= 15 is 0 Å². The van der Waals surface area contributed by atoms with Crippen LogP contribution in [-0.4, -0.2) is 37.7 Å². The molecule has 3 nitrogen and oxygen atoms in total. The second-order valence-corrected chi connectivity index (χ2v) is 5.68. The monoisotopic (exact) mass is 263 g/mol. The van der Waals surface area contributed by atoms with Crippen LogP contribution in [0.1, 0.15) is 26.7 Å². The normalized spacial score (nSPS) is 14.8. The van der Waals surface area contributed by atoms with Gasteiger partial charge in [-0.1, -0.05) is 22.9 Å². The first-order chi connectivity index (χ1) is 6.48. The van der Waals surface area contributed by atoms with E-state index in [1.807, 2.05) is 14.8 Å². The molecule has 0 heterocycles. The van der Waals surface area contributed by atoms with Crippen molar-refractivity contribution in [2.24, 2.45) is 0 Å². The van der Waals surface area contributed by atoms with E-state index in [0.29, 0.717) is 6.54 Å². The molecular weight excluding hydrogens is 245 g/mol. The molecule has 82 valence electrons. The number of hydrogen-bond acceptors (Lipinski definition) is 2. The lowest BCUT2D eigenvalue weighted by molar-refractivity contribution is -0.121. The lowest BCUT2D eigenvalue weighted by Crippen LogP contribution is -2.40. The second-order valence-electron chi connectivity index (χ2n) is 3.69. The molecule has 1 amide bonds. The van der Waals surface area contributed by atoms with Gasteiger partial charge in [-0.3, -0.25) is 4.79 Å². The van der Waals surface area contributed by atoms with Crippen LogP contribution in [0.5, 0.6) is 0 Å². The second kappa shape index (κ2) is 7.29. The maximum atomic E-state index is 11.4. The van der Waals surface area contributed by atoms with Gasteiger partial charge < -0.3 is 10.1 Å². The Balaban J connectivity index is 3.33. The molecule has 0 bridgehead atoms. The van der Waals surface area contributed by atoms with Gasteiger partial charge in [-0.2, -0.15) is 0 Å². The lowest BCUT2D eigenvalue weighted by atomic mass is 9.88. The first-order valence-electron chi connectivity index (χ1n) is 5.03. The summed E-state index contributed by atoms with van der Waals surface area (Å²) in [4.78, 5) is 11.4. The number of rotatable bonds is 7. The molecule has 0 rings (SSSR count). The molecule has 0 saturated carbocycles. The molecule has 1 atom stereocenters. The highest BCUT2D eigenvalue weighted by molar-refractivity contribution is 9.10. The van der Waals surface area contributed by atoms with Gasteiger partial charge in [0.25, 0.3) is 0 Å². The summed E-state index contributed by atoms with van der Waals surface area (Å²) in [5.74, 6) is 0.0213. The fourth-order valence-electron chi connectivity index (χ4n) is 0.833. The number of halogens is 1. The van der Waals surface area contributed by atoms with E-state index in [1.54, 1.807) is 0 Å². The third-order valence-electron chi connectivity index (χ3n) is 1.64. The molecule has 0 aromatic rings. The van der Waals surface area contributed by atoms with Crippen LogP contribution in [0, 0.1) is 0 Å². The Bertz CT molecular complexity index is 171. The zero-order valence-electron chi connectivity index (χ0n) is 9.23. The zero-order valence-corrected chi connectivity index (χ0v) is 10.8. The van der Waals surface area contributed by atoms with Crippen LogP contribution in [0.2, 0.25) is 0 Å². The Kier molecular flexibility index (Phi) is 7.28. The van der Waals surface area contributed by atoms with Crippen molar-refractivity contribution in [1.29, 1.82) is 0 Å². The highest BCUT2D eigenvalue weighted by Gasteiger charge is 2.22. The fraction of sp³-hybridized carbons (Fsp3) is 0.889. The van der Waals surface area contributed by atoms with Crippen molar-refractivity contribution in [3.8, 4) is 0 Å². The molecule has 0 aliphatic heterocycles.